The van der Waals surface area contributed by atoms with Crippen LogP contribution in [0.25, 0.3) is 0 Å². The molecule has 1 saturated heterocycles. The zero-order chi connectivity index (χ0) is 26.2. The third kappa shape index (κ3) is 6.56. The number of benzene rings is 3. The highest BCUT2D eigenvalue weighted by atomic mass is 16.1. The predicted octanol–water partition coefficient (Wildman–Crippen LogP) is 4.76. The molecule has 0 spiro atoms. The van der Waals surface area contributed by atoms with Crippen molar-refractivity contribution in [2.45, 2.75) is 37.8 Å². The van der Waals surface area contributed by atoms with Crippen molar-refractivity contribution in [1.82, 2.24) is 19.8 Å². The van der Waals surface area contributed by atoms with Gasteiger partial charge in [-0.05, 0) is 48.2 Å². The number of carbonyl (C=O) groups excluding carboxylic acids is 1. The minimum Gasteiger partial charge on any atom is -0.352 e. The number of rotatable bonds is 9. The quantitative estimate of drug-likeness (QED) is 0.358. The summed E-state index contributed by atoms with van der Waals surface area (Å²) in [6.45, 7) is 3.44. The Morgan fingerprint density at radius 3 is 2.34 bits per heavy atom. The number of nitrogens with one attached hydrogen (secondary N) is 1. The van der Waals surface area contributed by atoms with Gasteiger partial charge in [-0.15, -0.1) is 0 Å². The Morgan fingerprint density at radius 1 is 1.00 bits per heavy atom. The summed E-state index contributed by atoms with van der Waals surface area (Å²) < 4.78 is 2.00. The molecule has 1 atom stereocenters. The molecule has 6 nitrogen and oxygen atoms in total. The van der Waals surface area contributed by atoms with Gasteiger partial charge < -0.3 is 14.8 Å². The Kier molecular flexibility index (Phi) is 8.27. The normalized spacial score (nSPS) is 15.7. The van der Waals surface area contributed by atoms with Gasteiger partial charge in [0.1, 0.15) is 0 Å². The van der Waals surface area contributed by atoms with E-state index >= 15 is 0 Å². The summed E-state index contributed by atoms with van der Waals surface area (Å²) in [5.74, 6) is 0.324. The van der Waals surface area contributed by atoms with Gasteiger partial charge in [0.2, 0.25) is 5.91 Å². The number of imidazole rings is 1. The zero-order valence-corrected chi connectivity index (χ0v) is 21.5. The van der Waals surface area contributed by atoms with Crippen LogP contribution in [0.15, 0.2) is 97.5 Å². The average molecular weight is 504 g/mol. The van der Waals surface area contributed by atoms with E-state index in [0.29, 0.717) is 24.4 Å². The summed E-state index contributed by atoms with van der Waals surface area (Å²) in [4.78, 5) is 19.8. The topological polar surface area (TPSA) is 73.9 Å². The van der Waals surface area contributed by atoms with Crippen molar-refractivity contribution < 1.29 is 4.79 Å². The highest BCUT2D eigenvalue weighted by Crippen LogP contribution is 2.27. The highest BCUT2D eigenvalue weighted by Gasteiger charge is 2.25. The van der Waals surface area contributed by atoms with Gasteiger partial charge in [-0.25, -0.2) is 4.98 Å². The van der Waals surface area contributed by atoms with E-state index in [0.717, 1.165) is 43.7 Å². The summed E-state index contributed by atoms with van der Waals surface area (Å²) in [5, 5.41) is 12.3. The molecule has 0 radical (unpaired) electrons. The molecule has 1 aromatic heterocycles. The number of likely N-dealkylation sites (tertiary alicyclic amines) is 1. The number of carbonyl (C=O) groups is 1. The van der Waals surface area contributed by atoms with E-state index in [1.54, 1.807) is 12.5 Å². The van der Waals surface area contributed by atoms with Crippen LogP contribution in [-0.2, 0) is 17.8 Å². The lowest BCUT2D eigenvalue weighted by Crippen LogP contribution is -2.49. The van der Waals surface area contributed by atoms with Crippen molar-refractivity contribution in [2.75, 3.05) is 19.6 Å². The van der Waals surface area contributed by atoms with Crippen molar-refractivity contribution in [1.29, 1.82) is 5.26 Å². The summed E-state index contributed by atoms with van der Waals surface area (Å²) in [5.41, 5.74) is 5.23. The Bertz CT molecular complexity index is 1320. The van der Waals surface area contributed by atoms with Crippen molar-refractivity contribution >= 4 is 5.91 Å². The molecule has 1 N–H and O–H groups in total. The van der Waals surface area contributed by atoms with Gasteiger partial charge in [-0.1, -0.05) is 72.8 Å². The highest BCUT2D eigenvalue weighted by molar-refractivity contribution is 5.78. The Labute approximate surface area is 224 Å². The SMILES string of the molecule is N#Cc1ccc(Cn2cncc2CC(=O)N[C@H]2CCCN(CC(c3ccccc3)c3ccccc3)C2)cc1. The van der Waals surface area contributed by atoms with E-state index in [1.807, 2.05) is 28.8 Å². The van der Waals surface area contributed by atoms with Crippen LogP contribution < -0.4 is 5.32 Å². The van der Waals surface area contributed by atoms with Crippen molar-refractivity contribution in [2.24, 2.45) is 0 Å². The number of nitrogens with zero attached hydrogens (tertiary/aromatic N) is 4. The lowest BCUT2D eigenvalue weighted by molar-refractivity contribution is -0.121. The molecule has 4 aromatic rings. The molecule has 0 unspecified atom stereocenters. The van der Waals surface area contributed by atoms with Crippen LogP contribution in [0.4, 0.5) is 0 Å². The molecule has 1 fully saturated rings. The van der Waals surface area contributed by atoms with Gasteiger partial charge in [-0.2, -0.15) is 5.26 Å². The second-order valence-electron chi connectivity index (χ2n) is 10.0. The van der Waals surface area contributed by atoms with Crippen molar-refractivity contribution in [3.8, 4) is 6.07 Å². The molecule has 192 valence electrons. The molecule has 3 aromatic carbocycles. The van der Waals surface area contributed by atoms with E-state index in [1.165, 1.54) is 11.1 Å². The fourth-order valence-electron chi connectivity index (χ4n) is 5.33. The van der Waals surface area contributed by atoms with E-state index in [-0.39, 0.29) is 11.9 Å². The largest absolute Gasteiger partial charge is 0.352 e. The monoisotopic (exact) mass is 503 g/mol. The minimum absolute atomic E-state index is 0.0288. The molecule has 5 rings (SSSR count). The summed E-state index contributed by atoms with van der Waals surface area (Å²) in [7, 11) is 0. The third-order valence-corrected chi connectivity index (χ3v) is 7.29. The van der Waals surface area contributed by atoms with Crippen LogP contribution in [0.2, 0.25) is 0 Å². The van der Waals surface area contributed by atoms with Crippen LogP contribution in [0.1, 0.15) is 46.7 Å². The summed E-state index contributed by atoms with van der Waals surface area (Å²) >= 11 is 0. The van der Waals surface area contributed by atoms with Gasteiger partial charge in [-0.3, -0.25) is 4.79 Å². The van der Waals surface area contributed by atoms with E-state index in [9.17, 15) is 4.79 Å². The molecule has 1 aliphatic heterocycles. The van der Waals surface area contributed by atoms with Gasteiger partial charge in [0, 0.05) is 43.5 Å². The first-order valence-corrected chi connectivity index (χ1v) is 13.3. The maximum Gasteiger partial charge on any atom is 0.226 e. The predicted molar refractivity (Wildman–Crippen MR) is 149 cm³/mol. The Hall–Kier alpha value is -4.21. The molecule has 0 aliphatic carbocycles. The number of amides is 1. The Balaban J connectivity index is 1.19. The third-order valence-electron chi connectivity index (χ3n) is 7.29. The Morgan fingerprint density at radius 2 is 1.68 bits per heavy atom. The molecule has 6 heteroatoms. The molecule has 1 aliphatic rings. The maximum atomic E-state index is 13.0. The summed E-state index contributed by atoms with van der Waals surface area (Å²) in [6.07, 6.45) is 5.88. The van der Waals surface area contributed by atoms with Crippen LogP contribution in [0, 0.1) is 11.3 Å². The molecule has 0 saturated carbocycles. The minimum atomic E-state index is 0.0288. The lowest BCUT2D eigenvalue weighted by atomic mass is 9.90. The zero-order valence-electron chi connectivity index (χ0n) is 21.5. The average Bonchev–Trinajstić information content (AvgIpc) is 3.39. The molecule has 1 amide bonds. The van der Waals surface area contributed by atoms with Gasteiger partial charge in [0.25, 0.3) is 0 Å². The second kappa shape index (κ2) is 12.4. The van der Waals surface area contributed by atoms with Crippen molar-refractivity contribution in [3.63, 3.8) is 0 Å². The van der Waals surface area contributed by atoms with E-state index in [4.69, 9.17) is 5.26 Å². The second-order valence-corrected chi connectivity index (χ2v) is 10.0. The maximum absolute atomic E-state index is 13.0. The van der Waals surface area contributed by atoms with Gasteiger partial charge in [0.15, 0.2) is 0 Å². The number of hydrogen-bond acceptors (Lipinski definition) is 4. The van der Waals surface area contributed by atoms with Crippen LogP contribution in [-0.4, -0.2) is 46.0 Å². The first-order valence-electron chi connectivity index (χ1n) is 13.3. The molecular weight excluding hydrogens is 470 g/mol. The van der Waals surface area contributed by atoms with Crippen LogP contribution >= 0.6 is 0 Å². The van der Waals surface area contributed by atoms with E-state index < -0.39 is 0 Å². The van der Waals surface area contributed by atoms with E-state index in [2.05, 4.69) is 81.9 Å². The standard InChI is InChI=1S/C32H33N5O/c33-19-25-13-15-26(16-14-25)21-37-24-34-20-30(37)18-32(38)35-29-12-7-17-36(22-29)23-31(27-8-3-1-4-9-27)28-10-5-2-6-11-28/h1-6,8-11,13-16,20,24,29,31H,7,12,17-18,21-23H2,(H,35,38)/t29-/m0/s1. The first kappa shape index (κ1) is 25.4. The summed E-state index contributed by atoms with van der Waals surface area (Å²) in [6, 6.07) is 31.2. The lowest BCUT2D eigenvalue weighted by Gasteiger charge is -2.35. The smallest absolute Gasteiger partial charge is 0.226 e. The molecular formula is C32H33N5O. The fourth-order valence-corrected chi connectivity index (χ4v) is 5.33. The number of piperidine rings is 1. The number of nitriles is 1. The number of aromatic nitrogens is 2. The van der Waals surface area contributed by atoms with Crippen molar-refractivity contribution in [3.05, 3.63) is 125 Å². The molecule has 38 heavy (non-hydrogen) atoms. The van der Waals surface area contributed by atoms with Crippen LogP contribution in [0.3, 0.4) is 0 Å². The fraction of sp³-hybridized carbons (Fsp3) is 0.281. The first-order chi connectivity index (χ1) is 18.7. The molecule has 2 heterocycles. The number of hydrogen-bond donors (Lipinski definition) is 1. The van der Waals surface area contributed by atoms with Gasteiger partial charge in [0.05, 0.1) is 24.4 Å². The van der Waals surface area contributed by atoms with Gasteiger partial charge >= 0.3 is 0 Å². The van der Waals surface area contributed by atoms with Crippen LogP contribution in [0.5, 0.6) is 0 Å². The molecule has 0 bridgehead atoms.